The Morgan fingerprint density at radius 1 is 1.33 bits per heavy atom. The zero-order valence-electron chi connectivity index (χ0n) is 10.3. The van der Waals surface area contributed by atoms with Gasteiger partial charge in [-0.15, -0.1) is 0 Å². The van der Waals surface area contributed by atoms with Gasteiger partial charge in [-0.1, -0.05) is 15.9 Å². The van der Waals surface area contributed by atoms with E-state index in [1.807, 2.05) is 0 Å². The molecule has 0 aliphatic rings. The van der Waals surface area contributed by atoms with Gasteiger partial charge in [0.15, 0.2) is 0 Å². The lowest BCUT2D eigenvalue weighted by Gasteiger charge is -2.33. The number of hydrogen-bond acceptors (Lipinski definition) is 3. The Labute approximate surface area is 124 Å². The molecule has 18 heavy (non-hydrogen) atoms. The van der Waals surface area contributed by atoms with Crippen LogP contribution in [0.4, 0.5) is 0 Å². The molecular formula is C11H15Br2NO3S. The summed E-state index contributed by atoms with van der Waals surface area (Å²) in [7, 11) is -2.19. The lowest BCUT2D eigenvalue weighted by molar-refractivity contribution is 0.138. The Hall–Kier alpha value is 0.0500. The van der Waals surface area contributed by atoms with E-state index in [0.717, 1.165) is 4.47 Å². The molecule has 0 bridgehead atoms. The van der Waals surface area contributed by atoms with E-state index in [1.165, 1.54) is 17.4 Å². The van der Waals surface area contributed by atoms with E-state index in [9.17, 15) is 13.5 Å². The maximum Gasteiger partial charge on any atom is 0.244 e. The van der Waals surface area contributed by atoms with Gasteiger partial charge in [-0.2, -0.15) is 4.31 Å². The van der Waals surface area contributed by atoms with Crippen LogP contribution in [0.2, 0.25) is 0 Å². The summed E-state index contributed by atoms with van der Waals surface area (Å²) in [6.07, 6.45) is 0. The molecule has 0 saturated carbocycles. The van der Waals surface area contributed by atoms with Crippen LogP contribution in [0.1, 0.15) is 13.8 Å². The highest BCUT2D eigenvalue weighted by Gasteiger charge is 2.34. The van der Waals surface area contributed by atoms with Crippen molar-refractivity contribution >= 4 is 41.9 Å². The van der Waals surface area contributed by atoms with Crippen molar-refractivity contribution in [2.75, 3.05) is 13.7 Å². The van der Waals surface area contributed by atoms with Gasteiger partial charge in [0.1, 0.15) is 0 Å². The average Bonchev–Trinajstić information content (AvgIpc) is 2.27. The van der Waals surface area contributed by atoms with Gasteiger partial charge in [-0.05, 0) is 48.0 Å². The van der Waals surface area contributed by atoms with E-state index in [0.29, 0.717) is 4.47 Å². The molecule has 0 aromatic heterocycles. The Morgan fingerprint density at radius 2 is 1.89 bits per heavy atom. The Morgan fingerprint density at radius 3 is 2.33 bits per heavy atom. The van der Waals surface area contributed by atoms with Gasteiger partial charge in [-0.3, -0.25) is 0 Å². The zero-order valence-corrected chi connectivity index (χ0v) is 14.3. The summed E-state index contributed by atoms with van der Waals surface area (Å²) in [6.45, 7) is 3.07. The third-order valence-electron chi connectivity index (χ3n) is 2.77. The molecule has 0 unspecified atom stereocenters. The van der Waals surface area contributed by atoms with Crippen molar-refractivity contribution in [3.63, 3.8) is 0 Å². The standard InChI is InChI=1S/C11H15Br2NO3S/c1-11(2,7-15)14(3)18(16,17)10-5-4-8(12)6-9(10)13/h4-6,15H,7H2,1-3H3. The Kier molecular flexibility index (Phi) is 4.99. The Bertz CT molecular complexity index is 543. The molecule has 1 aromatic carbocycles. The van der Waals surface area contributed by atoms with Crippen LogP contribution in [-0.4, -0.2) is 37.0 Å². The van der Waals surface area contributed by atoms with Crippen molar-refractivity contribution in [2.45, 2.75) is 24.3 Å². The number of sulfonamides is 1. The molecule has 0 aliphatic heterocycles. The molecule has 4 nitrogen and oxygen atoms in total. The number of aliphatic hydroxyl groups is 1. The van der Waals surface area contributed by atoms with Gasteiger partial charge in [0, 0.05) is 16.0 Å². The van der Waals surface area contributed by atoms with E-state index in [1.54, 1.807) is 26.0 Å². The number of aliphatic hydroxyl groups excluding tert-OH is 1. The van der Waals surface area contributed by atoms with Crippen LogP contribution >= 0.6 is 31.9 Å². The molecule has 1 rings (SSSR count). The second kappa shape index (κ2) is 5.58. The number of benzene rings is 1. The molecule has 0 aliphatic carbocycles. The summed E-state index contributed by atoms with van der Waals surface area (Å²) in [5.74, 6) is 0. The normalized spacial score (nSPS) is 13.1. The fourth-order valence-corrected chi connectivity index (χ4v) is 4.47. The smallest absolute Gasteiger partial charge is 0.244 e. The molecule has 0 heterocycles. The van der Waals surface area contributed by atoms with Gasteiger partial charge < -0.3 is 5.11 Å². The first kappa shape index (κ1) is 16.1. The van der Waals surface area contributed by atoms with Gasteiger partial charge in [0.2, 0.25) is 10.0 Å². The molecule has 1 aromatic rings. The highest BCUT2D eigenvalue weighted by molar-refractivity contribution is 9.11. The summed E-state index contributed by atoms with van der Waals surface area (Å²) >= 11 is 6.52. The molecule has 0 spiro atoms. The predicted octanol–water partition coefficient (Wildman–Crippen LogP) is 2.60. The first-order chi connectivity index (χ1) is 8.13. The summed E-state index contributed by atoms with van der Waals surface area (Å²) in [5, 5.41) is 9.26. The van der Waals surface area contributed by atoms with E-state index in [-0.39, 0.29) is 11.5 Å². The number of likely N-dealkylation sites (N-methyl/N-ethyl adjacent to an activating group) is 1. The number of halogens is 2. The van der Waals surface area contributed by atoms with Crippen molar-refractivity contribution < 1.29 is 13.5 Å². The monoisotopic (exact) mass is 399 g/mol. The number of rotatable bonds is 4. The molecule has 1 N–H and O–H groups in total. The molecule has 0 radical (unpaired) electrons. The van der Waals surface area contributed by atoms with Gasteiger partial charge in [0.05, 0.1) is 17.0 Å². The number of hydrogen-bond donors (Lipinski definition) is 1. The summed E-state index contributed by atoms with van der Waals surface area (Å²) in [5.41, 5.74) is -0.856. The van der Waals surface area contributed by atoms with E-state index < -0.39 is 15.6 Å². The molecule has 0 fully saturated rings. The first-order valence-electron chi connectivity index (χ1n) is 5.18. The highest BCUT2D eigenvalue weighted by Crippen LogP contribution is 2.30. The van der Waals surface area contributed by atoms with Crippen LogP contribution in [-0.2, 0) is 10.0 Å². The van der Waals surface area contributed by atoms with Crippen molar-refractivity contribution in [1.29, 1.82) is 0 Å². The minimum absolute atomic E-state index is 0.176. The fraction of sp³-hybridized carbons (Fsp3) is 0.455. The van der Waals surface area contributed by atoms with Crippen molar-refractivity contribution in [2.24, 2.45) is 0 Å². The molecule has 7 heteroatoms. The Balaban J connectivity index is 3.30. The average molecular weight is 401 g/mol. The molecule has 0 amide bonds. The minimum Gasteiger partial charge on any atom is -0.394 e. The third-order valence-corrected chi connectivity index (χ3v) is 6.31. The minimum atomic E-state index is -3.65. The van der Waals surface area contributed by atoms with E-state index >= 15 is 0 Å². The quantitative estimate of drug-likeness (QED) is 0.844. The summed E-state index contributed by atoms with van der Waals surface area (Å²) in [6, 6.07) is 4.86. The van der Waals surface area contributed by atoms with Crippen LogP contribution in [0, 0.1) is 0 Å². The van der Waals surface area contributed by atoms with Gasteiger partial charge in [-0.25, -0.2) is 8.42 Å². The third kappa shape index (κ3) is 3.14. The van der Waals surface area contributed by atoms with Crippen molar-refractivity contribution in [3.8, 4) is 0 Å². The van der Waals surface area contributed by atoms with Crippen molar-refractivity contribution in [1.82, 2.24) is 4.31 Å². The number of nitrogens with zero attached hydrogens (tertiary/aromatic N) is 1. The lowest BCUT2D eigenvalue weighted by atomic mass is 10.1. The van der Waals surface area contributed by atoms with Crippen LogP contribution in [0.15, 0.2) is 32.0 Å². The SMILES string of the molecule is CN(C(C)(C)CO)S(=O)(=O)c1ccc(Br)cc1Br. The molecule has 0 saturated heterocycles. The topological polar surface area (TPSA) is 57.6 Å². The molecule has 0 atom stereocenters. The van der Waals surface area contributed by atoms with Crippen LogP contribution in [0.25, 0.3) is 0 Å². The molecule has 102 valence electrons. The maximum absolute atomic E-state index is 12.4. The van der Waals surface area contributed by atoms with Crippen molar-refractivity contribution in [3.05, 3.63) is 27.1 Å². The second-order valence-electron chi connectivity index (χ2n) is 4.52. The fourth-order valence-electron chi connectivity index (χ4n) is 1.26. The maximum atomic E-state index is 12.4. The van der Waals surface area contributed by atoms with E-state index in [2.05, 4.69) is 31.9 Å². The largest absolute Gasteiger partial charge is 0.394 e. The van der Waals surface area contributed by atoms with Gasteiger partial charge >= 0.3 is 0 Å². The van der Waals surface area contributed by atoms with Crippen LogP contribution < -0.4 is 0 Å². The first-order valence-corrected chi connectivity index (χ1v) is 8.20. The van der Waals surface area contributed by atoms with E-state index in [4.69, 9.17) is 0 Å². The lowest BCUT2D eigenvalue weighted by Crippen LogP contribution is -2.47. The second-order valence-corrected chi connectivity index (χ2v) is 8.23. The van der Waals surface area contributed by atoms with Gasteiger partial charge in [0.25, 0.3) is 0 Å². The predicted molar refractivity (Wildman–Crippen MR) is 78.0 cm³/mol. The van der Waals surface area contributed by atoms with Crippen LogP contribution in [0.3, 0.4) is 0 Å². The highest BCUT2D eigenvalue weighted by atomic mass is 79.9. The zero-order chi connectivity index (χ0) is 14.1. The van der Waals surface area contributed by atoms with Crippen LogP contribution in [0.5, 0.6) is 0 Å². The summed E-state index contributed by atoms with van der Waals surface area (Å²) < 4.78 is 27.3. The molecular weight excluding hydrogens is 386 g/mol. The summed E-state index contributed by atoms with van der Waals surface area (Å²) in [4.78, 5) is 0.176.